The molecular formula is C21H20FN7O2S. The second kappa shape index (κ2) is 7.45. The van der Waals surface area contributed by atoms with E-state index >= 15 is 0 Å². The number of benzene rings is 2. The van der Waals surface area contributed by atoms with E-state index in [2.05, 4.69) is 30.6 Å². The van der Waals surface area contributed by atoms with Gasteiger partial charge in [0.15, 0.2) is 11.6 Å². The normalized spacial score (nSPS) is 13.4. The van der Waals surface area contributed by atoms with E-state index in [9.17, 15) is 12.8 Å². The molecule has 0 bridgehead atoms. The zero-order chi connectivity index (χ0) is 22.5. The number of aryl methyl sites for hydroxylation is 1. The summed E-state index contributed by atoms with van der Waals surface area (Å²) in [4.78, 5) is 15.8. The summed E-state index contributed by atoms with van der Waals surface area (Å²) in [5.41, 5.74) is 4.58. The summed E-state index contributed by atoms with van der Waals surface area (Å²) < 4.78 is 39.6. The van der Waals surface area contributed by atoms with Crippen molar-refractivity contribution in [2.45, 2.75) is 13.3 Å². The predicted molar refractivity (Wildman–Crippen MR) is 122 cm³/mol. The van der Waals surface area contributed by atoms with E-state index in [0.717, 1.165) is 34.3 Å². The van der Waals surface area contributed by atoms with E-state index in [0.29, 0.717) is 24.3 Å². The van der Waals surface area contributed by atoms with Crippen molar-refractivity contribution in [3.63, 3.8) is 0 Å². The maximum absolute atomic E-state index is 14.4. The molecule has 0 radical (unpaired) electrons. The van der Waals surface area contributed by atoms with Gasteiger partial charge in [0.2, 0.25) is 16.0 Å². The summed E-state index contributed by atoms with van der Waals surface area (Å²) in [5, 5.41) is 6.04. The minimum Gasteiger partial charge on any atom is -0.342 e. The molecule has 32 heavy (non-hydrogen) atoms. The van der Waals surface area contributed by atoms with Crippen LogP contribution in [0, 0.1) is 12.7 Å². The van der Waals surface area contributed by atoms with Gasteiger partial charge in [0.1, 0.15) is 5.82 Å². The number of H-pyrrole nitrogens is 1. The van der Waals surface area contributed by atoms with Crippen LogP contribution in [0.5, 0.6) is 0 Å². The molecule has 2 aromatic heterocycles. The third kappa shape index (κ3) is 3.82. The Morgan fingerprint density at radius 2 is 1.88 bits per heavy atom. The zero-order valence-electron chi connectivity index (χ0n) is 17.3. The van der Waals surface area contributed by atoms with Crippen LogP contribution < -0.4 is 14.9 Å². The van der Waals surface area contributed by atoms with Gasteiger partial charge in [-0.05, 0) is 55.3 Å². The first-order chi connectivity index (χ1) is 15.3. The molecule has 0 saturated heterocycles. The number of nitrogens with zero attached hydrogens (tertiary/aromatic N) is 4. The van der Waals surface area contributed by atoms with Crippen LogP contribution >= 0.6 is 0 Å². The van der Waals surface area contributed by atoms with Crippen molar-refractivity contribution in [3.05, 3.63) is 59.8 Å². The van der Waals surface area contributed by atoms with Crippen LogP contribution in [0.25, 0.3) is 11.0 Å². The summed E-state index contributed by atoms with van der Waals surface area (Å²) in [7, 11) is -3.32. The molecule has 9 nitrogen and oxygen atoms in total. The minimum absolute atomic E-state index is 0.0129. The van der Waals surface area contributed by atoms with Gasteiger partial charge in [-0.15, -0.1) is 0 Å². The molecular weight excluding hydrogens is 433 g/mol. The van der Waals surface area contributed by atoms with Crippen LogP contribution in [0.15, 0.2) is 42.6 Å². The molecule has 3 N–H and O–H groups in total. The summed E-state index contributed by atoms with van der Waals surface area (Å²) in [6.45, 7) is 2.28. The van der Waals surface area contributed by atoms with Crippen LogP contribution in [0.3, 0.4) is 0 Å². The van der Waals surface area contributed by atoms with Gasteiger partial charge in [0, 0.05) is 17.9 Å². The van der Waals surface area contributed by atoms with Crippen molar-refractivity contribution in [3.8, 4) is 0 Å². The lowest BCUT2D eigenvalue weighted by atomic mass is 10.1. The topological polar surface area (TPSA) is 116 Å². The highest BCUT2D eigenvalue weighted by Gasteiger charge is 2.26. The molecule has 0 unspecified atom stereocenters. The predicted octanol–water partition coefficient (Wildman–Crippen LogP) is 3.61. The SMILES string of the molecule is Cc1nc2ccc(Nc3ncc(F)c(Nc4ccc5c(c4)CCN5S(C)(=O)=O)n3)cc2[nH]1. The Balaban J connectivity index is 1.38. The summed E-state index contributed by atoms with van der Waals surface area (Å²) in [6, 6.07) is 10.8. The van der Waals surface area contributed by atoms with E-state index in [4.69, 9.17) is 0 Å². The highest BCUT2D eigenvalue weighted by Crippen LogP contribution is 2.33. The molecule has 0 aliphatic carbocycles. The average molecular weight is 454 g/mol. The second-order valence-corrected chi connectivity index (χ2v) is 9.53. The third-order valence-electron chi connectivity index (χ3n) is 5.20. The van der Waals surface area contributed by atoms with Crippen molar-refractivity contribution < 1.29 is 12.8 Å². The van der Waals surface area contributed by atoms with Crippen molar-refractivity contribution in [2.24, 2.45) is 0 Å². The standard InChI is InChI=1S/C21H20FN7O2S/c1-12-24-17-5-3-15(10-18(17)25-12)27-21-23-11-16(22)20(28-21)26-14-4-6-19-13(9-14)7-8-29(19)32(2,30)31/h3-6,9-11H,7-8H2,1-2H3,(H,24,25)(H2,23,26,27,28). The van der Waals surface area contributed by atoms with Gasteiger partial charge in [-0.2, -0.15) is 4.98 Å². The number of halogens is 1. The highest BCUT2D eigenvalue weighted by atomic mass is 32.2. The number of fused-ring (bicyclic) bond motifs is 2. The number of rotatable bonds is 5. The molecule has 0 amide bonds. The van der Waals surface area contributed by atoms with E-state index in [1.165, 1.54) is 10.6 Å². The molecule has 1 aliphatic heterocycles. The number of anilines is 5. The maximum Gasteiger partial charge on any atom is 0.232 e. The minimum atomic E-state index is -3.32. The zero-order valence-corrected chi connectivity index (χ0v) is 18.2. The van der Waals surface area contributed by atoms with Gasteiger partial charge in [-0.1, -0.05) is 0 Å². The first-order valence-corrected chi connectivity index (χ1v) is 11.7. The Kier molecular flexibility index (Phi) is 4.70. The smallest absolute Gasteiger partial charge is 0.232 e. The molecule has 0 atom stereocenters. The first-order valence-electron chi connectivity index (χ1n) is 9.90. The van der Waals surface area contributed by atoms with Gasteiger partial charge in [-0.3, -0.25) is 4.31 Å². The summed E-state index contributed by atoms with van der Waals surface area (Å²) >= 11 is 0. The summed E-state index contributed by atoms with van der Waals surface area (Å²) in [5.74, 6) is 0.455. The van der Waals surface area contributed by atoms with Crippen molar-refractivity contribution in [2.75, 3.05) is 27.7 Å². The number of aromatic amines is 1. The van der Waals surface area contributed by atoms with Crippen LogP contribution in [0.1, 0.15) is 11.4 Å². The Hall–Kier alpha value is -3.73. The van der Waals surface area contributed by atoms with Crippen molar-refractivity contribution in [1.82, 2.24) is 19.9 Å². The molecule has 0 spiro atoms. The quantitative estimate of drug-likeness (QED) is 0.423. The molecule has 3 heterocycles. The fourth-order valence-electron chi connectivity index (χ4n) is 3.79. The van der Waals surface area contributed by atoms with Crippen LogP contribution in [-0.2, 0) is 16.4 Å². The molecule has 2 aromatic carbocycles. The Morgan fingerprint density at radius 1 is 1.09 bits per heavy atom. The Bertz CT molecular complexity index is 1450. The van der Waals surface area contributed by atoms with Gasteiger partial charge in [0.25, 0.3) is 0 Å². The largest absolute Gasteiger partial charge is 0.342 e. The molecule has 11 heteroatoms. The molecule has 5 rings (SSSR count). The van der Waals surface area contributed by atoms with E-state index in [1.54, 1.807) is 12.1 Å². The van der Waals surface area contributed by atoms with Crippen LogP contribution in [0.2, 0.25) is 0 Å². The molecule has 0 fully saturated rings. The van der Waals surface area contributed by atoms with E-state index < -0.39 is 15.8 Å². The number of hydrogen-bond donors (Lipinski definition) is 3. The lowest BCUT2D eigenvalue weighted by molar-refractivity contribution is 0.598. The Labute approximate surface area is 183 Å². The average Bonchev–Trinajstić information content (AvgIpc) is 3.32. The van der Waals surface area contributed by atoms with Crippen LogP contribution in [-0.4, -0.2) is 41.2 Å². The van der Waals surface area contributed by atoms with Gasteiger partial charge >= 0.3 is 0 Å². The summed E-state index contributed by atoms with van der Waals surface area (Å²) in [6.07, 6.45) is 2.87. The highest BCUT2D eigenvalue weighted by molar-refractivity contribution is 7.92. The van der Waals surface area contributed by atoms with Crippen LogP contribution in [0.4, 0.5) is 33.2 Å². The number of sulfonamides is 1. The maximum atomic E-state index is 14.4. The van der Waals surface area contributed by atoms with Crippen molar-refractivity contribution in [1.29, 1.82) is 0 Å². The molecule has 0 saturated carbocycles. The Morgan fingerprint density at radius 3 is 2.69 bits per heavy atom. The van der Waals surface area contributed by atoms with Gasteiger partial charge in [0.05, 0.1) is 29.2 Å². The van der Waals surface area contributed by atoms with E-state index in [-0.39, 0.29) is 11.8 Å². The number of aromatic nitrogens is 4. The number of hydrogen-bond acceptors (Lipinski definition) is 7. The fourth-order valence-corrected chi connectivity index (χ4v) is 4.75. The second-order valence-electron chi connectivity index (χ2n) is 7.62. The fraction of sp³-hybridized carbons (Fsp3) is 0.190. The van der Waals surface area contributed by atoms with E-state index in [1.807, 2.05) is 31.2 Å². The lowest BCUT2D eigenvalue weighted by Crippen LogP contribution is -2.27. The molecule has 1 aliphatic rings. The van der Waals surface area contributed by atoms with Crippen molar-refractivity contribution >= 4 is 49.9 Å². The van der Waals surface area contributed by atoms with Gasteiger partial charge < -0.3 is 15.6 Å². The number of nitrogens with one attached hydrogen (secondary N) is 3. The molecule has 164 valence electrons. The number of imidazole rings is 1. The third-order valence-corrected chi connectivity index (χ3v) is 6.38. The molecule has 4 aromatic rings. The first kappa shape index (κ1) is 20.2. The lowest BCUT2D eigenvalue weighted by Gasteiger charge is -2.16. The van der Waals surface area contributed by atoms with Gasteiger partial charge in [-0.25, -0.2) is 22.8 Å². The monoisotopic (exact) mass is 453 g/mol.